The number of nitrogens with one attached hydrogen (secondary N) is 1. The molecule has 1 N–H and O–H groups in total. The van der Waals surface area contributed by atoms with Crippen molar-refractivity contribution in [3.05, 3.63) is 59.0 Å². The molecule has 21 heavy (non-hydrogen) atoms. The molecular formula is C18H25NO2. The van der Waals surface area contributed by atoms with E-state index in [9.17, 15) is 0 Å². The number of rotatable bonds is 7. The van der Waals surface area contributed by atoms with Gasteiger partial charge in [-0.3, -0.25) is 0 Å². The van der Waals surface area contributed by atoms with Crippen molar-refractivity contribution >= 4 is 0 Å². The van der Waals surface area contributed by atoms with Gasteiger partial charge in [-0.2, -0.15) is 0 Å². The second kappa shape index (κ2) is 7.43. The number of hydrogen-bond donors (Lipinski definition) is 1. The molecule has 1 aromatic heterocycles. The number of benzene rings is 1. The summed E-state index contributed by atoms with van der Waals surface area (Å²) in [4.78, 5) is 0. The van der Waals surface area contributed by atoms with Gasteiger partial charge in [0.25, 0.3) is 0 Å². The molecule has 2 rings (SSSR count). The van der Waals surface area contributed by atoms with E-state index in [0.717, 1.165) is 18.1 Å². The number of methoxy groups -OCH3 is 1. The quantitative estimate of drug-likeness (QED) is 0.826. The minimum absolute atomic E-state index is 0.0850. The van der Waals surface area contributed by atoms with Gasteiger partial charge in [-0.05, 0) is 35.7 Å². The molecule has 0 aliphatic rings. The van der Waals surface area contributed by atoms with E-state index in [0.29, 0.717) is 12.5 Å². The molecule has 0 radical (unpaired) electrons. The molecule has 3 heteroatoms. The van der Waals surface area contributed by atoms with Crippen molar-refractivity contribution in [3.63, 3.8) is 0 Å². The van der Waals surface area contributed by atoms with Crippen LogP contribution >= 0.6 is 0 Å². The molecule has 0 fully saturated rings. The Kier molecular flexibility index (Phi) is 5.59. The summed E-state index contributed by atoms with van der Waals surface area (Å²) in [5.41, 5.74) is 2.58. The van der Waals surface area contributed by atoms with E-state index in [-0.39, 0.29) is 6.04 Å². The average Bonchev–Trinajstić information content (AvgIpc) is 2.93. The van der Waals surface area contributed by atoms with Crippen LogP contribution < -0.4 is 5.32 Å². The summed E-state index contributed by atoms with van der Waals surface area (Å²) in [6, 6.07) is 12.8. The van der Waals surface area contributed by atoms with Crippen LogP contribution in [-0.2, 0) is 11.3 Å². The first-order valence-electron chi connectivity index (χ1n) is 7.56. The molecule has 0 saturated carbocycles. The molecule has 0 bridgehead atoms. The standard InChI is InChI=1S/C18H25NO2/c1-5-19-18(17-11-10-16(21-17)12-20-4)15-8-6-14(7-9-15)13(2)3/h6-11,13,18-19H,5,12H2,1-4H3. The molecule has 0 saturated heterocycles. The Morgan fingerprint density at radius 1 is 1.05 bits per heavy atom. The Morgan fingerprint density at radius 2 is 1.71 bits per heavy atom. The van der Waals surface area contributed by atoms with Crippen LogP contribution in [0, 0.1) is 0 Å². The van der Waals surface area contributed by atoms with Gasteiger partial charge in [0.1, 0.15) is 18.1 Å². The normalized spacial score (nSPS) is 12.8. The molecule has 114 valence electrons. The first-order chi connectivity index (χ1) is 10.2. The van der Waals surface area contributed by atoms with Crippen molar-refractivity contribution in [1.29, 1.82) is 0 Å². The minimum Gasteiger partial charge on any atom is -0.462 e. The summed E-state index contributed by atoms with van der Waals surface area (Å²) < 4.78 is 11.0. The molecule has 0 aliphatic heterocycles. The minimum atomic E-state index is 0.0850. The molecule has 1 atom stereocenters. The second-order valence-electron chi connectivity index (χ2n) is 5.55. The Balaban J connectivity index is 2.24. The highest BCUT2D eigenvalue weighted by atomic mass is 16.5. The Bertz CT molecular complexity index is 543. The maximum Gasteiger partial charge on any atom is 0.129 e. The van der Waals surface area contributed by atoms with Crippen LogP contribution in [0.25, 0.3) is 0 Å². The van der Waals surface area contributed by atoms with Crippen molar-refractivity contribution < 1.29 is 9.15 Å². The van der Waals surface area contributed by atoms with Crippen molar-refractivity contribution in [2.24, 2.45) is 0 Å². The first kappa shape index (κ1) is 15.8. The van der Waals surface area contributed by atoms with Crippen LogP contribution in [0.2, 0.25) is 0 Å². The zero-order valence-corrected chi connectivity index (χ0v) is 13.3. The number of hydrogen-bond acceptors (Lipinski definition) is 3. The predicted octanol–water partition coefficient (Wildman–Crippen LogP) is 4.25. The molecule has 0 spiro atoms. The SMILES string of the molecule is CCNC(c1ccc(C(C)C)cc1)c1ccc(COC)o1. The molecule has 0 aliphatic carbocycles. The van der Waals surface area contributed by atoms with Gasteiger partial charge in [0.2, 0.25) is 0 Å². The molecule has 1 heterocycles. The third kappa shape index (κ3) is 3.96. The van der Waals surface area contributed by atoms with Crippen LogP contribution in [0.1, 0.15) is 55.4 Å². The van der Waals surface area contributed by atoms with E-state index in [4.69, 9.17) is 9.15 Å². The maximum absolute atomic E-state index is 5.88. The molecule has 3 nitrogen and oxygen atoms in total. The van der Waals surface area contributed by atoms with Gasteiger partial charge in [0.15, 0.2) is 0 Å². The number of ether oxygens (including phenoxy) is 1. The van der Waals surface area contributed by atoms with E-state index in [1.807, 2.05) is 12.1 Å². The van der Waals surface area contributed by atoms with E-state index < -0.39 is 0 Å². The van der Waals surface area contributed by atoms with Crippen LogP contribution in [0.5, 0.6) is 0 Å². The van der Waals surface area contributed by atoms with Crippen LogP contribution in [0.4, 0.5) is 0 Å². The Hall–Kier alpha value is -1.58. The molecule has 1 aromatic carbocycles. The van der Waals surface area contributed by atoms with Gasteiger partial charge in [0.05, 0.1) is 6.04 Å². The van der Waals surface area contributed by atoms with Crippen molar-refractivity contribution in [2.45, 2.75) is 39.3 Å². The Labute approximate surface area is 127 Å². The smallest absolute Gasteiger partial charge is 0.129 e. The molecule has 0 amide bonds. The van der Waals surface area contributed by atoms with Gasteiger partial charge in [-0.1, -0.05) is 45.0 Å². The summed E-state index contributed by atoms with van der Waals surface area (Å²) in [5, 5.41) is 3.48. The van der Waals surface area contributed by atoms with Gasteiger partial charge >= 0.3 is 0 Å². The average molecular weight is 287 g/mol. The highest BCUT2D eigenvalue weighted by Gasteiger charge is 2.17. The van der Waals surface area contributed by atoms with Crippen LogP contribution in [0.3, 0.4) is 0 Å². The molecule has 2 aromatic rings. The van der Waals surface area contributed by atoms with E-state index in [1.165, 1.54) is 11.1 Å². The summed E-state index contributed by atoms with van der Waals surface area (Å²) in [5.74, 6) is 2.34. The van der Waals surface area contributed by atoms with Crippen LogP contribution in [0.15, 0.2) is 40.8 Å². The lowest BCUT2D eigenvalue weighted by Gasteiger charge is -2.17. The summed E-state index contributed by atoms with van der Waals surface area (Å²) in [7, 11) is 1.68. The number of furan rings is 1. The van der Waals surface area contributed by atoms with Crippen LogP contribution in [-0.4, -0.2) is 13.7 Å². The fourth-order valence-electron chi connectivity index (χ4n) is 2.43. The van der Waals surface area contributed by atoms with E-state index in [1.54, 1.807) is 7.11 Å². The van der Waals surface area contributed by atoms with Crippen molar-refractivity contribution in [3.8, 4) is 0 Å². The predicted molar refractivity (Wildman–Crippen MR) is 85.5 cm³/mol. The zero-order valence-electron chi connectivity index (χ0n) is 13.3. The highest BCUT2D eigenvalue weighted by Crippen LogP contribution is 2.26. The lowest BCUT2D eigenvalue weighted by Crippen LogP contribution is -2.21. The largest absolute Gasteiger partial charge is 0.462 e. The van der Waals surface area contributed by atoms with Crippen molar-refractivity contribution in [1.82, 2.24) is 5.32 Å². The fourth-order valence-corrected chi connectivity index (χ4v) is 2.43. The maximum atomic E-state index is 5.88. The lowest BCUT2D eigenvalue weighted by atomic mass is 9.98. The highest BCUT2D eigenvalue weighted by molar-refractivity contribution is 5.31. The molecular weight excluding hydrogens is 262 g/mol. The van der Waals surface area contributed by atoms with Gasteiger partial charge < -0.3 is 14.5 Å². The summed E-state index contributed by atoms with van der Waals surface area (Å²) in [6.45, 7) is 7.91. The summed E-state index contributed by atoms with van der Waals surface area (Å²) >= 11 is 0. The second-order valence-corrected chi connectivity index (χ2v) is 5.55. The fraction of sp³-hybridized carbons (Fsp3) is 0.444. The third-order valence-electron chi connectivity index (χ3n) is 3.60. The van der Waals surface area contributed by atoms with E-state index in [2.05, 4.69) is 50.4 Å². The third-order valence-corrected chi connectivity index (χ3v) is 3.60. The topological polar surface area (TPSA) is 34.4 Å². The van der Waals surface area contributed by atoms with Gasteiger partial charge in [-0.15, -0.1) is 0 Å². The first-order valence-corrected chi connectivity index (χ1v) is 7.56. The monoisotopic (exact) mass is 287 g/mol. The van der Waals surface area contributed by atoms with E-state index >= 15 is 0 Å². The summed E-state index contributed by atoms with van der Waals surface area (Å²) in [6.07, 6.45) is 0. The zero-order chi connectivity index (χ0) is 15.2. The van der Waals surface area contributed by atoms with Gasteiger partial charge in [0, 0.05) is 7.11 Å². The molecule has 1 unspecified atom stereocenters. The lowest BCUT2D eigenvalue weighted by molar-refractivity contribution is 0.162. The Morgan fingerprint density at radius 3 is 2.29 bits per heavy atom. The van der Waals surface area contributed by atoms with Gasteiger partial charge in [-0.25, -0.2) is 0 Å². The van der Waals surface area contributed by atoms with Crippen molar-refractivity contribution in [2.75, 3.05) is 13.7 Å².